The summed E-state index contributed by atoms with van der Waals surface area (Å²) in [5.74, 6) is 0.518. The van der Waals surface area contributed by atoms with Crippen molar-refractivity contribution in [3.8, 4) is 11.8 Å². The fourth-order valence-corrected chi connectivity index (χ4v) is 2.27. The Bertz CT molecular complexity index is 704. The minimum absolute atomic E-state index is 0.192. The van der Waals surface area contributed by atoms with Crippen molar-refractivity contribution in [2.75, 3.05) is 7.11 Å². The molecule has 0 aliphatic rings. The van der Waals surface area contributed by atoms with Crippen molar-refractivity contribution in [1.29, 1.82) is 5.26 Å². The summed E-state index contributed by atoms with van der Waals surface area (Å²) in [6.07, 6.45) is 0.210. The summed E-state index contributed by atoms with van der Waals surface area (Å²) in [6, 6.07) is 16.4. The highest BCUT2D eigenvalue weighted by atomic mass is 16.5. The third-order valence-electron chi connectivity index (χ3n) is 3.43. The van der Waals surface area contributed by atoms with Gasteiger partial charge in [0.2, 0.25) is 5.91 Å². The van der Waals surface area contributed by atoms with Gasteiger partial charge in [0.15, 0.2) is 0 Å². The summed E-state index contributed by atoms with van der Waals surface area (Å²) < 4.78 is 5.14. The summed E-state index contributed by atoms with van der Waals surface area (Å²) in [7, 11) is 1.59. The Labute approximate surface area is 130 Å². The summed E-state index contributed by atoms with van der Waals surface area (Å²) >= 11 is 0. The number of carbonyl (C=O) groups excluding carboxylic acids is 1. The van der Waals surface area contributed by atoms with Crippen molar-refractivity contribution < 1.29 is 9.53 Å². The molecule has 2 rings (SSSR count). The van der Waals surface area contributed by atoms with Crippen molar-refractivity contribution in [3.05, 3.63) is 65.2 Å². The van der Waals surface area contributed by atoms with E-state index >= 15 is 0 Å². The van der Waals surface area contributed by atoms with Gasteiger partial charge in [-0.1, -0.05) is 36.4 Å². The maximum absolute atomic E-state index is 12.2. The van der Waals surface area contributed by atoms with Crippen molar-refractivity contribution in [3.63, 3.8) is 0 Å². The first-order chi connectivity index (χ1) is 10.6. The zero-order valence-electron chi connectivity index (χ0n) is 12.7. The second-order valence-electron chi connectivity index (χ2n) is 5.01. The summed E-state index contributed by atoms with van der Waals surface area (Å²) in [6.45, 7) is 1.92. The molecule has 0 heterocycles. The minimum atomic E-state index is -0.640. The zero-order chi connectivity index (χ0) is 15.9. The highest BCUT2D eigenvalue weighted by Crippen LogP contribution is 2.17. The number of rotatable bonds is 5. The Balaban J connectivity index is 2.07. The second kappa shape index (κ2) is 7.28. The van der Waals surface area contributed by atoms with E-state index in [1.165, 1.54) is 0 Å². The van der Waals surface area contributed by atoms with Crippen LogP contribution in [0.5, 0.6) is 5.75 Å². The number of hydrogen-bond acceptors (Lipinski definition) is 3. The largest absolute Gasteiger partial charge is 0.497 e. The Morgan fingerprint density at radius 3 is 2.73 bits per heavy atom. The third-order valence-corrected chi connectivity index (χ3v) is 3.43. The van der Waals surface area contributed by atoms with Gasteiger partial charge < -0.3 is 10.1 Å². The molecule has 1 unspecified atom stereocenters. The average molecular weight is 294 g/mol. The van der Waals surface area contributed by atoms with Gasteiger partial charge in [-0.05, 0) is 35.7 Å². The number of amides is 1. The number of ether oxygens (including phenoxy) is 1. The number of methoxy groups -OCH3 is 1. The molecule has 0 fully saturated rings. The predicted octanol–water partition coefficient (Wildman–Crippen LogP) is 2.93. The number of nitrogens with one attached hydrogen (secondary N) is 1. The normalized spacial score (nSPS) is 11.3. The summed E-state index contributed by atoms with van der Waals surface area (Å²) in [5, 5.41) is 12.1. The molecule has 1 amide bonds. The van der Waals surface area contributed by atoms with Crippen LogP contribution in [0.4, 0.5) is 0 Å². The van der Waals surface area contributed by atoms with E-state index in [0.717, 1.165) is 16.7 Å². The highest BCUT2D eigenvalue weighted by Gasteiger charge is 2.15. The van der Waals surface area contributed by atoms with Crippen LogP contribution in [0.2, 0.25) is 0 Å². The fourth-order valence-electron chi connectivity index (χ4n) is 2.27. The molecule has 2 aromatic rings. The molecule has 0 spiro atoms. The molecule has 0 radical (unpaired) electrons. The molecule has 0 saturated heterocycles. The van der Waals surface area contributed by atoms with E-state index in [2.05, 4.69) is 11.4 Å². The molecule has 0 saturated carbocycles. The van der Waals surface area contributed by atoms with E-state index in [4.69, 9.17) is 4.74 Å². The quantitative estimate of drug-likeness (QED) is 0.922. The van der Waals surface area contributed by atoms with Crippen LogP contribution in [-0.4, -0.2) is 13.0 Å². The van der Waals surface area contributed by atoms with Crippen molar-refractivity contribution >= 4 is 5.91 Å². The van der Waals surface area contributed by atoms with Crippen LogP contribution in [0.1, 0.15) is 22.7 Å². The van der Waals surface area contributed by atoms with Gasteiger partial charge in [-0.3, -0.25) is 4.79 Å². The van der Waals surface area contributed by atoms with Crippen LogP contribution in [0.25, 0.3) is 0 Å². The maximum atomic E-state index is 12.2. The third kappa shape index (κ3) is 3.86. The smallest absolute Gasteiger partial charge is 0.225 e. The molecule has 0 aliphatic heterocycles. The molecular weight excluding hydrogens is 276 g/mol. The van der Waals surface area contributed by atoms with E-state index in [9.17, 15) is 10.1 Å². The second-order valence-corrected chi connectivity index (χ2v) is 5.01. The van der Waals surface area contributed by atoms with Crippen molar-refractivity contribution in [2.24, 2.45) is 0 Å². The monoisotopic (exact) mass is 294 g/mol. The van der Waals surface area contributed by atoms with Crippen molar-refractivity contribution in [1.82, 2.24) is 5.32 Å². The lowest BCUT2D eigenvalue weighted by Gasteiger charge is -2.14. The molecule has 1 N–H and O–H groups in total. The average Bonchev–Trinajstić information content (AvgIpc) is 2.53. The van der Waals surface area contributed by atoms with Crippen molar-refractivity contribution in [2.45, 2.75) is 19.4 Å². The Hall–Kier alpha value is -2.80. The maximum Gasteiger partial charge on any atom is 0.225 e. The molecule has 1 atom stereocenters. The first-order valence-electron chi connectivity index (χ1n) is 7.01. The molecule has 112 valence electrons. The molecule has 0 bridgehead atoms. The van der Waals surface area contributed by atoms with E-state index in [1.54, 1.807) is 7.11 Å². The van der Waals surface area contributed by atoms with Gasteiger partial charge in [-0.25, -0.2) is 0 Å². The molecule has 4 nitrogen and oxygen atoms in total. The number of nitrogens with zero attached hydrogens (tertiary/aromatic N) is 1. The Kier molecular flexibility index (Phi) is 5.16. The van der Waals surface area contributed by atoms with Crippen LogP contribution in [-0.2, 0) is 11.2 Å². The molecule has 22 heavy (non-hydrogen) atoms. The lowest BCUT2D eigenvalue weighted by atomic mass is 10.0. The first-order valence-corrected chi connectivity index (χ1v) is 7.01. The number of nitriles is 1. The SMILES string of the molecule is COc1cccc(CC(=O)NC(C#N)c2ccccc2C)c1. The van der Waals surface area contributed by atoms with Crippen LogP contribution in [0, 0.1) is 18.3 Å². The molecular formula is C18H18N2O2. The lowest BCUT2D eigenvalue weighted by Crippen LogP contribution is -2.29. The number of benzene rings is 2. The van der Waals surface area contributed by atoms with E-state index < -0.39 is 6.04 Å². The van der Waals surface area contributed by atoms with Crippen LogP contribution < -0.4 is 10.1 Å². The Morgan fingerprint density at radius 1 is 1.27 bits per heavy atom. The van der Waals surface area contributed by atoms with E-state index in [0.29, 0.717) is 5.75 Å². The summed E-state index contributed by atoms with van der Waals surface area (Å²) in [4.78, 5) is 12.2. The number of hydrogen-bond donors (Lipinski definition) is 1. The topological polar surface area (TPSA) is 62.1 Å². The Morgan fingerprint density at radius 2 is 2.05 bits per heavy atom. The highest BCUT2D eigenvalue weighted by molar-refractivity contribution is 5.79. The van der Waals surface area contributed by atoms with Gasteiger partial charge in [0, 0.05) is 0 Å². The predicted molar refractivity (Wildman–Crippen MR) is 84.4 cm³/mol. The molecule has 4 heteroatoms. The van der Waals surface area contributed by atoms with Gasteiger partial charge in [0.25, 0.3) is 0 Å². The van der Waals surface area contributed by atoms with Crippen LogP contribution in [0.3, 0.4) is 0 Å². The standard InChI is InChI=1S/C18H18N2O2/c1-13-6-3-4-9-16(13)17(12-19)20-18(21)11-14-7-5-8-15(10-14)22-2/h3-10,17H,11H2,1-2H3,(H,20,21). The van der Waals surface area contributed by atoms with Gasteiger partial charge in [-0.15, -0.1) is 0 Å². The van der Waals surface area contributed by atoms with Gasteiger partial charge in [0.1, 0.15) is 11.8 Å². The van der Waals surface area contributed by atoms with Gasteiger partial charge in [-0.2, -0.15) is 5.26 Å². The zero-order valence-corrected chi connectivity index (χ0v) is 12.7. The summed E-state index contributed by atoms with van der Waals surface area (Å²) in [5.41, 5.74) is 2.65. The molecule has 0 aliphatic carbocycles. The van der Waals surface area contributed by atoms with Crippen LogP contribution >= 0.6 is 0 Å². The molecule has 0 aromatic heterocycles. The number of aryl methyl sites for hydroxylation is 1. The first kappa shape index (κ1) is 15.6. The van der Waals surface area contributed by atoms with Crippen LogP contribution in [0.15, 0.2) is 48.5 Å². The molecule has 2 aromatic carbocycles. The lowest BCUT2D eigenvalue weighted by molar-refractivity contribution is -0.120. The van der Waals surface area contributed by atoms with Gasteiger partial charge >= 0.3 is 0 Å². The van der Waals surface area contributed by atoms with E-state index in [1.807, 2.05) is 55.5 Å². The number of carbonyl (C=O) groups is 1. The van der Waals surface area contributed by atoms with E-state index in [-0.39, 0.29) is 12.3 Å². The minimum Gasteiger partial charge on any atom is -0.497 e. The fraction of sp³-hybridized carbons (Fsp3) is 0.222. The van der Waals surface area contributed by atoms with Gasteiger partial charge in [0.05, 0.1) is 19.6 Å².